The Morgan fingerprint density at radius 2 is 2.26 bits per heavy atom. The highest BCUT2D eigenvalue weighted by Crippen LogP contribution is 2.35. The van der Waals surface area contributed by atoms with E-state index in [9.17, 15) is 4.79 Å². The second kappa shape index (κ2) is 3.84. The van der Waals surface area contributed by atoms with Gasteiger partial charge >= 0.3 is 0 Å². The molecule has 4 nitrogen and oxygen atoms in total. The zero-order valence-corrected chi connectivity index (χ0v) is 10.8. The summed E-state index contributed by atoms with van der Waals surface area (Å²) in [4.78, 5) is 14.6. The summed E-state index contributed by atoms with van der Waals surface area (Å²) in [5, 5.41) is 3.57. The molecule has 1 aliphatic carbocycles. The van der Waals surface area contributed by atoms with Crippen LogP contribution in [0.4, 0.5) is 0 Å². The third-order valence-electron chi connectivity index (χ3n) is 4.38. The zero-order valence-electron chi connectivity index (χ0n) is 10.8. The fourth-order valence-electron chi connectivity index (χ4n) is 3.48. The molecule has 1 fully saturated rings. The standard InChI is InChI=1S/C15H17N3O/c19-14-13-7-4-9-17(13)11-15(16-8-10-18(14)15)12-5-2-1-3-6-12/h2,4-7,9,16H,1,3,8,10-11H2. The first kappa shape index (κ1) is 11.1. The fourth-order valence-corrected chi connectivity index (χ4v) is 3.48. The Bertz CT molecular complexity index is 598. The number of rotatable bonds is 1. The van der Waals surface area contributed by atoms with Crippen LogP contribution >= 0.6 is 0 Å². The van der Waals surface area contributed by atoms with Crippen molar-refractivity contribution >= 4 is 5.91 Å². The molecule has 3 heterocycles. The van der Waals surface area contributed by atoms with E-state index in [-0.39, 0.29) is 11.6 Å². The summed E-state index contributed by atoms with van der Waals surface area (Å²) in [5.41, 5.74) is 1.71. The minimum absolute atomic E-state index is 0.140. The normalized spacial score (nSPS) is 29.2. The zero-order chi connectivity index (χ0) is 12.9. The highest BCUT2D eigenvalue weighted by molar-refractivity contribution is 5.94. The first-order valence-electron chi connectivity index (χ1n) is 6.91. The monoisotopic (exact) mass is 255 g/mol. The SMILES string of the molecule is O=C1c2cccn2CC2(C3=CCCC=C3)NCCN12. The van der Waals surface area contributed by atoms with E-state index in [1.807, 2.05) is 23.2 Å². The molecule has 2 aliphatic heterocycles. The van der Waals surface area contributed by atoms with Crippen molar-refractivity contribution in [1.29, 1.82) is 0 Å². The lowest BCUT2D eigenvalue weighted by molar-refractivity contribution is 0.0516. The highest BCUT2D eigenvalue weighted by atomic mass is 16.2. The molecule has 0 saturated carbocycles. The molecule has 0 aromatic carbocycles. The van der Waals surface area contributed by atoms with Crippen LogP contribution in [0.2, 0.25) is 0 Å². The maximum Gasteiger partial charge on any atom is 0.272 e. The molecule has 1 atom stereocenters. The van der Waals surface area contributed by atoms with Gasteiger partial charge in [0, 0.05) is 19.3 Å². The van der Waals surface area contributed by atoms with Gasteiger partial charge in [0.05, 0.1) is 6.54 Å². The van der Waals surface area contributed by atoms with Crippen LogP contribution in [0.1, 0.15) is 23.3 Å². The van der Waals surface area contributed by atoms with Gasteiger partial charge in [-0.1, -0.05) is 18.2 Å². The minimum atomic E-state index is -0.333. The molecular weight excluding hydrogens is 238 g/mol. The van der Waals surface area contributed by atoms with Crippen LogP contribution in [0.25, 0.3) is 0 Å². The third kappa shape index (κ3) is 1.40. The van der Waals surface area contributed by atoms with E-state index < -0.39 is 0 Å². The summed E-state index contributed by atoms with van der Waals surface area (Å²) in [5.74, 6) is 0.140. The first-order chi connectivity index (χ1) is 9.31. The Morgan fingerprint density at radius 3 is 3.11 bits per heavy atom. The van der Waals surface area contributed by atoms with Gasteiger partial charge in [0.25, 0.3) is 5.91 Å². The lowest BCUT2D eigenvalue weighted by Crippen LogP contribution is -2.61. The van der Waals surface area contributed by atoms with E-state index in [1.54, 1.807) is 0 Å². The lowest BCUT2D eigenvalue weighted by atomic mass is 9.91. The van der Waals surface area contributed by atoms with E-state index in [0.717, 1.165) is 38.2 Å². The average molecular weight is 255 g/mol. The van der Waals surface area contributed by atoms with Crippen LogP contribution in [0.5, 0.6) is 0 Å². The van der Waals surface area contributed by atoms with Gasteiger partial charge in [0.15, 0.2) is 0 Å². The highest BCUT2D eigenvalue weighted by Gasteiger charge is 2.49. The molecule has 0 spiro atoms. The number of nitrogens with one attached hydrogen (secondary N) is 1. The predicted octanol–water partition coefficient (Wildman–Crippen LogP) is 1.52. The quantitative estimate of drug-likeness (QED) is 0.826. The summed E-state index contributed by atoms with van der Waals surface area (Å²) >= 11 is 0. The van der Waals surface area contributed by atoms with E-state index >= 15 is 0 Å². The predicted molar refractivity (Wildman–Crippen MR) is 72.7 cm³/mol. The van der Waals surface area contributed by atoms with Crippen LogP contribution in [0.15, 0.2) is 42.1 Å². The third-order valence-corrected chi connectivity index (χ3v) is 4.38. The molecule has 1 unspecified atom stereocenters. The maximum absolute atomic E-state index is 12.6. The maximum atomic E-state index is 12.6. The summed E-state index contributed by atoms with van der Waals surface area (Å²) in [6, 6.07) is 3.86. The van der Waals surface area contributed by atoms with Gasteiger partial charge in [-0.15, -0.1) is 0 Å². The number of hydrogen-bond donors (Lipinski definition) is 1. The van der Waals surface area contributed by atoms with Gasteiger partial charge in [-0.2, -0.15) is 0 Å². The van der Waals surface area contributed by atoms with Gasteiger partial charge in [-0.05, 0) is 30.5 Å². The number of hydrogen-bond acceptors (Lipinski definition) is 2. The molecule has 0 bridgehead atoms. The van der Waals surface area contributed by atoms with Gasteiger partial charge in [0.1, 0.15) is 11.4 Å². The Hall–Kier alpha value is -1.81. The molecule has 1 saturated heterocycles. The molecular formula is C15H17N3O. The second-order valence-corrected chi connectivity index (χ2v) is 5.40. The minimum Gasteiger partial charge on any atom is -0.339 e. The lowest BCUT2D eigenvalue weighted by Gasteiger charge is -2.44. The molecule has 1 amide bonds. The van der Waals surface area contributed by atoms with Crippen molar-refractivity contribution in [2.75, 3.05) is 13.1 Å². The van der Waals surface area contributed by atoms with Crippen LogP contribution in [0.3, 0.4) is 0 Å². The molecule has 98 valence electrons. The topological polar surface area (TPSA) is 37.3 Å². The molecule has 1 N–H and O–H groups in total. The van der Waals surface area contributed by atoms with Crippen LogP contribution < -0.4 is 5.32 Å². The van der Waals surface area contributed by atoms with Crippen molar-refractivity contribution in [3.63, 3.8) is 0 Å². The average Bonchev–Trinajstić information content (AvgIpc) is 3.07. The number of carbonyl (C=O) groups excluding carboxylic acids is 1. The van der Waals surface area contributed by atoms with E-state index in [0.29, 0.717) is 0 Å². The van der Waals surface area contributed by atoms with Gasteiger partial charge in [0.2, 0.25) is 0 Å². The number of allylic oxidation sites excluding steroid dienone is 2. The number of aromatic nitrogens is 1. The van der Waals surface area contributed by atoms with Crippen molar-refractivity contribution in [2.45, 2.75) is 25.0 Å². The Kier molecular flexibility index (Phi) is 2.23. The smallest absolute Gasteiger partial charge is 0.272 e. The molecule has 19 heavy (non-hydrogen) atoms. The summed E-state index contributed by atoms with van der Waals surface area (Å²) in [6.07, 6.45) is 10.8. The van der Waals surface area contributed by atoms with Crippen molar-refractivity contribution in [2.24, 2.45) is 0 Å². The van der Waals surface area contributed by atoms with Crippen LogP contribution in [-0.4, -0.2) is 34.1 Å². The Balaban J connectivity index is 1.85. The number of amides is 1. The molecule has 3 aliphatic rings. The van der Waals surface area contributed by atoms with Gasteiger partial charge in [-0.25, -0.2) is 0 Å². The largest absolute Gasteiger partial charge is 0.339 e. The molecule has 4 heteroatoms. The fraction of sp³-hybridized carbons (Fsp3) is 0.400. The van der Waals surface area contributed by atoms with Crippen molar-refractivity contribution < 1.29 is 4.79 Å². The Labute approximate surface area is 112 Å². The number of nitrogens with zero attached hydrogens (tertiary/aromatic N) is 2. The summed E-state index contributed by atoms with van der Waals surface area (Å²) < 4.78 is 2.07. The van der Waals surface area contributed by atoms with Gasteiger partial charge < -0.3 is 9.47 Å². The van der Waals surface area contributed by atoms with Crippen molar-refractivity contribution in [3.05, 3.63) is 47.8 Å². The van der Waals surface area contributed by atoms with Crippen molar-refractivity contribution in [3.8, 4) is 0 Å². The van der Waals surface area contributed by atoms with E-state index in [2.05, 4.69) is 28.1 Å². The van der Waals surface area contributed by atoms with Crippen LogP contribution in [-0.2, 0) is 6.54 Å². The number of fused-ring (bicyclic) bond motifs is 2. The molecule has 1 aromatic heterocycles. The van der Waals surface area contributed by atoms with E-state index in [4.69, 9.17) is 0 Å². The number of carbonyl (C=O) groups is 1. The summed E-state index contributed by atoms with van der Waals surface area (Å²) in [7, 11) is 0. The van der Waals surface area contributed by atoms with Crippen molar-refractivity contribution in [1.82, 2.24) is 14.8 Å². The molecule has 1 aromatic rings. The first-order valence-corrected chi connectivity index (χ1v) is 6.91. The summed E-state index contributed by atoms with van der Waals surface area (Å²) in [6.45, 7) is 2.45. The molecule has 4 rings (SSSR count). The second-order valence-electron chi connectivity index (χ2n) is 5.40. The molecule has 0 radical (unpaired) electrons. The Morgan fingerprint density at radius 1 is 1.32 bits per heavy atom. The van der Waals surface area contributed by atoms with Crippen LogP contribution in [0, 0.1) is 0 Å². The van der Waals surface area contributed by atoms with Gasteiger partial charge in [-0.3, -0.25) is 10.1 Å². The van der Waals surface area contributed by atoms with E-state index in [1.165, 1.54) is 5.57 Å².